The molecular formula is C12H19N3O2. The van der Waals surface area contributed by atoms with Crippen LogP contribution in [0.5, 0.6) is 5.75 Å². The van der Waals surface area contributed by atoms with E-state index in [-0.39, 0.29) is 12.5 Å². The van der Waals surface area contributed by atoms with Crippen molar-refractivity contribution in [3.63, 3.8) is 0 Å². The lowest BCUT2D eigenvalue weighted by molar-refractivity contribution is -0.123. The van der Waals surface area contributed by atoms with E-state index in [9.17, 15) is 4.79 Å². The zero-order valence-electron chi connectivity index (χ0n) is 10.3. The predicted octanol–water partition coefficient (Wildman–Crippen LogP) is 1.27. The van der Waals surface area contributed by atoms with Crippen LogP contribution in [0.3, 0.4) is 0 Å². The molecule has 0 aliphatic rings. The quantitative estimate of drug-likeness (QED) is 0.730. The minimum Gasteiger partial charge on any atom is -0.480 e. The summed E-state index contributed by atoms with van der Waals surface area (Å²) in [6.07, 6.45) is 2.02. The van der Waals surface area contributed by atoms with E-state index in [4.69, 9.17) is 10.5 Å². The molecule has 1 aromatic rings. The maximum absolute atomic E-state index is 11.4. The number of hydrogen-bond acceptors (Lipinski definition) is 4. The summed E-state index contributed by atoms with van der Waals surface area (Å²) in [7, 11) is 0. The Kier molecular flexibility index (Phi) is 5.26. The number of ether oxygens (including phenoxy) is 1. The topological polar surface area (TPSA) is 77.2 Å². The number of carbonyl (C=O) groups is 1. The third-order valence-corrected chi connectivity index (χ3v) is 2.24. The van der Waals surface area contributed by atoms with Gasteiger partial charge in [0.05, 0.1) is 0 Å². The summed E-state index contributed by atoms with van der Waals surface area (Å²) in [6, 6.07) is 3.51. The van der Waals surface area contributed by atoms with Crippen molar-refractivity contribution in [1.82, 2.24) is 10.3 Å². The molecule has 0 unspecified atom stereocenters. The highest BCUT2D eigenvalue weighted by Gasteiger charge is 2.05. The summed E-state index contributed by atoms with van der Waals surface area (Å²) >= 11 is 0. The maximum atomic E-state index is 11.4. The first-order valence-electron chi connectivity index (χ1n) is 5.76. The maximum Gasteiger partial charge on any atom is 0.257 e. The fraction of sp³-hybridized carbons (Fsp3) is 0.500. The minimum absolute atomic E-state index is 0.0291. The van der Waals surface area contributed by atoms with Crippen molar-refractivity contribution in [2.75, 3.05) is 18.9 Å². The van der Waals surface area contributed by atoms with Gasteiger partial charge in [0.1, 0.15) is 0 Å². The Labute approximate surface area is 101 Å². The van der Waals surface area contributed by atoms with Crippen molar-refractivity contribution in [3.8, 4) is 5.75 Å². The van der Waals surface area contributed by atoms with E-state index in [2.05, 4.69) is 17.2 Å². The van der Waals surface area contributed by atoms with Crippen molar-refractivity contribution in [3.05, 3.63) is 17.8 Å². The first-order valence-corrected chi connectivity index (χ1v) is 5.76. The van der Waals surface area contributed by atoms with E-state index in [0.29, 0.717) is 18.1 Å². The van der Waals surface area contributed by atoms with Gasteiger partial charge in [-0.15, -0.1) is 0 Å². The molecule has 0 aliphatic heterocycles. The third-order valence-electron chi connectivity index (χ3n) is 2.24. The smallest absolute Gasteiger partial charge is 0.257 e. The average molecular weight is 237 g/mol. The Hall–Kier alpha value is -1.78. The van der Waals surface area contributed by atoms with E-state index in [1.807, 2.05) is 6.92 Å². The molecule has 0 spiro atoms. The first kappa shape index (κ1) is 13.3. The Morgan fingerprint density at radius 3 is 2.94 bits per heavy atom. The molecule has 1 rings (SSSR count). The molecule has 5 heteroatoms. The zero-order chi connectivity index (χ0) is 12.7. The van der Waals surface area contributed by atoms with Gasteiger partial charge in [-0.05, 0) is 25.5 Å². The number of nitrogens with zero attached hydrogens (tertiary/aromatic N) is 1. The van der Waals surface area contributed by atoms with Crippen molar-refractivity contribution >= 4 is 11.7 Å². The van der Waals surface area contributed by atoms with Gasteiger partial charge in [0.25, 0.3) is 5.91 Å². The third kappa shape index (κ3) is 4.72. The van der Waals surface area contributed by atoms with Gasteiger partial charge in [-0.2, -0.15) is 0 Å². The molecule has 0 saturated heterocycles. The highest BCUT2D eigenvalue weighted by molar-refractivity contribution is 5.77. The Balaban J connectivity index is 2.37. The van der Waals surface area contributed by atoms with Crippen LogP contribution in [0.2, 0.25) is 0 Å². The summed E-state index contributed by atoms with van der Waals surface area (Å²) in [5, 5.41) is 2.76. The van der Waals surface area contributed by atoms with E-state index in [1.165, 1.54) is 0 Å². The molecule has 5 nitrogen and oxygen atoms in total. The van der Waals surface area contributed by atoms with Gasteiger partial charge in [0.15, 0.2) is 18.2 Å². The van der Waals surface area contributed by atoms with Gasteiger partial charge in [0, 0.05) is 12.2 Å². The molecule has 0 atom stereocenters. The summed E-state index contributed by atoms with van der Waals surface area (Å²) in [5.41, 5.74) is 6.48. The van der Waals surface area contributed by atoms with Crippen molar-refractivity contribution < 1.29 is 9.53 Å². The van der Waals surface area contributed by atoms with Crippen LogP contribution >= 0.6 is 0 Å². The number of hydrogen-bond donors (Lipinski definition) is 2. The number of nitrogens with two attached hydrogens (primary N) is 1. The molecule has 0 saturated carbocycles. The first-order chi connectivity index (χ1) is 8.13. The van der Waals surface area contributed by atoms with E-state index < -0.39 is 0 Å². The number of aryl methyl sites for hydroxylation is 1. The number of aromatic nitrogens is 1. The van der Waals surface area contributed by atoms with Gasteiger partial charge in [-0.1, -0.05) is 13.3 Å². The second kappa shape index (κ2) is 6.73. The number of nitrogens with one attached hydrogen (secondary N) is 1. The summed E-state index contributed by atoms with van der Waals surface area (Å²) in [5.74, 6) is 0.617. The highest BCUT2D eigenvalue weighted by atomic mass is 16.5. The van der Waals surface area contributed by atoms with Crippen LogP contribution in [-0.2, 0) is 4.79 Å². The highest BCUT2D eigenvalue weighted by Crippen LogP contribution is 2.18. The van der Waals surface area contributed by atoms with Crippen LogP contribution in [0.4, 0.5) is 5.82 Å². The van der Waals surface area contributed by atoms with Crippen LogP contribution in [0.25, 0.3) is 0 Å². The lowest BCUT2D eigenvalue weighted by Crippen LogP contribution is -2.29. The van der Waals surface area contributed by atoms with Crippen LogP contribution in [0.15, 0.2) is 12.1 Å². The average Bonchev–Trinajstić information content (AvgIpc) is 2.28. The molecule has 94 valence electrons. The number of anilines is 1. The van der Waals surface area contributed by atoms with Gasteiger partial charge < -0.3 is 15.8 Å². The molecule has 0 aliphatic carbocycles. The largest absolute Gasteiger partial charge is 0.480 e. The molecule has 1 amide bonds. The second-order valence-electron chi connectivity index (χ2n) is 3.83. The van der Waals surface area contributed by atoms with Gasteiger partial charge >= 0.3 is 0 Å². The molecular weight excluding hydrogens is 218 g/mol. The summed E-state index contributed by atoms with van der Waals surface area (Å²) < 4.78 is 5.28. The number of nitrogen functional groups attached to an aromatic ring is 1. The molecule has 0 aromatic carbocycles. The Morgan fingerprint density at radius 1 is 1.53 bits per heavy atom. The fourth-order valence-electron chi connectivity index (χ4n) is 1.28. The Morgan fingerprint density at radius 2 is 2.29 bits per heavy atom. The molecule has 0 radical (unpaired) electrons. The molecule has 3 N–H and O–H groups in total. The van der Waals surface area contributed by atoms with Crippen molar-refractivity contribution in [2.24, 2.45) is 0 Å². The standard InChI is InChI=1S/C12H19N3O2/c1-3-4-7-14-11(16)8-17-10-6-5-9(2)15-12(10)13/h5-6H,3-4,7-8H2,1-2H3,(H2,13,15)(H,14,16). The number of amides is 1. The molecule has 0 bridgehead atoms. The number of carbonyl (C=O) groups excluding carboxylic acids is 1. The summed E-state index contributed by atoms with van der Waals surface area (Å²) in [6.45, 7) is 4.57. The molecule has 17 heavy (non-hydrogen) atoms. The van der Waals surface area contributed by atoms with Crippen molar-refractivity contribution in [2.45, 2.75) is 26.7 Å². The zero-order valence-corrected chi connectivity index (χ0v) is 10.3. The Bertz CT molecular complexity index is 380. The summed E-state index contributed by atoms with van der Waals surface area (Å²) in [4.78, 5) is 15.4. The normalized spacial score (nSPS) is 10.0. The number of rotatable bonds is 6. The minimum atomic E-state index is -0.140. The number of pyridine rings is 1. The number of unbranched alkanes of at least 4 members (excludes halogenated alkanes) is 1. The second-order valence-corrected chi connectivity index (χ2v) is 3.83. The van der Waals surface area contributed by atoms with Crippen LogP contribution in [0, 0.1) is 6.92 Å². The predicted molar refractivity (Wildman–Crippen MR) is 66.8 cm³/mol. The van der Waals surface area contributed by atoms with Crippen LogP contribution in [0.1, 0.15) is 25.5 Å². The molecule has 1 heterocycles. The van der Waals surface area contributed by atoms with Crippen LogP contribution in [-0.4, -0.2) is 24.0 Å². The van der Waals surface area contributed by atoms with E-state index >= 15 is 0 Å². The van der Waals surface area contributed by atoms with Crippen molar-refractivity contribution in [1.29, 1.82) is 0 Å². The SMILES string of the molecule is CCCCNC(=O)COc1ccc(C)nc1N. The van der Waals surface area contributed by atoms with Gasteiger partial charge in [-0.25, -0.2) is 4.98 Å². The molecule has 1 aromatic heterocycles. The lowest BCUT2D eigenvalue weighted by Gasteiger charge is -2.08. The van der Waals surface area contributed by atoms with E-state index in [0.717, 1.165) is 18.5 Å². The van der Waals surface area contributed by atoms with Crippen LogP contribution < -0.4 is 15.8 Å². The fourth-order valence-corrected chi connectivity index (χ4v) is 1.28. The van der Waals surface area contributed by atoms with E-state index in [1.54, 1.807) is 12.1 Å². The lowest BCUT2D eigenvalue weighted by atomic mass is 10.3. The monoisotopic (exact) mass is 237 g/mol. The van der Waals surface area contributed by atoms with Gasteiger partial charge in [0.2, 0.25) is 0 Å². The van der Waals surface area contributed by atoms with Gasteiger partial charge in [-0.3, -0.25) is 4.79 Å². The molecule has 0 fully saturated rings.